The molecule has 0 aliphatic heterocycles. The van der Waals surface area contributed by atoms with Gasteiger partial charge in [0, 0.05) is 19.4 Å². The average Bonchev–Trinajstić information content (AvgIpc) is 2.86. The van der Waals surface area contributed by atoms with Crippen molar-refractivity contribution in [2.45, 2.75) is 31.0 Å². The molecule has 0 atom stereocenters. The zero-order valence-corrected chi connectivity index (χ0v) is 12.3. The third-order valence-corrected chi connectivity index (χ3v) is 10.4. The second kappa shape index (κ2) is 4.85. The lowest BCUT2D eigenvalue weighted by atomic mass is 10.4. The second-order valence-electron chi connectivity index (χ2n) is 5.75. The Balaban J connectivity index is 2.12. The van der Waals surface area contributed by atoms with E-state index in [0.29, 0.717) is 0 Å². The van der Waals surface area contributed by atoms with E-state index in [-0.39, 0.29) is 7.92 Å². The van der Waals surface area contributed by atoms with Gasteiger partial charge in [-0.15, -0.1) is 0 Å². The molecule has 16 heavy (non-hydrogen) atoms. The largest absolute Gasteiger partial charge is 0.0874 e. The fourth-order valence-electron chi connectivity index (χ4n) is 2.24. The summed E-state index contributed by atoms with van der Waals surface area (Å²) in [7, 11) is -0.899. The molecular formula is C14H21PSi. The van der Waals surface area contributed by atoms with Crippen molar-refractivity contribution >= 4 is 16.0 Å². The predicted molar refractivity (Wildman–Crippen MR) is 79.3 cm³/mol. The van der Waals surface area contributed by atoms with Crippen molar-refractivity contribution in [2.24, 2.45) is 0 Å². The highest BCUT2D eigenvalue weighted by Gasteiger charge is 2.29. The first-order chi connectivity index (χ1) is 7.56. The van der Waals surface area contributed by atoms with Gasteiger partial charge in [-0.1, -0.05) is 76.2 Å². The Bertz CT molecular complexity index is 305. The Morgan fingerprint density at radius 2 is 1.19 bits per heavy atom. The van der Waals surface area contributed by atoms with Crippen molar-refractivity contribution < 1.29 is 0 Å². The maximum absolute atomic E-state index is 2.49. The van der Waals surface area contributed by atoms with Gasteiger partial charge in [0.25, 0.3) is 0 Å². The molecule has 0 heterocycles. The van der Waals surface area contributed by atoms with Gasteiger partial charge in [0.2, 0.25) is 0 Å². The van der Waals surface area contributed by atoms with Gasteiger partial charge in [-0.2, -0.15) is 0 Å². The van der Waals surface area contributed by atoms with Gasteiger partial charge in [-0.05, 0) is 5.79 Å². The molecule has 0 amide bonds. The SMILES string of the molecule is C[Si](C)(C)CP(C1C=CC=C1)C1C=CC=C1. The lowest BCUT2D eigenvalue weighted by Crippen LogP contribution is -2.29. The molecule has 2 rings (SSSR count). The Morgan fingerprint density at radius 3 is 1.50 bits per heavy atom. The summed E-state index contributed by atoms with van der Waals surface area (Å²) in [4.78, 5) is 0. The van der Waals surface area contributed by atoms with Crippen LogP contribution < -0.4 is 0 Å². The van der Waals surface area contributed by atoms with E-state index in [9.17, 15) is 0 Å². The smallest absolute Gasteiger partial charge is 0.0486 e. The number of allylic oxidation sites excluding steroid dienone is 8. The monoisotopic (exact) mass is 248 g/mol. The molecule has 2 aliphatic rings. The number of hydrogen-bond donors (Lipinski definition) is 0. The summed E-state index contributed by atoms with van der Waals surface area (Å²) >= 11 is 0. The van der Waals surface area contributed by atoms with Gasteiger partial charge in [-0.3, -0.25) is 0 Å². The van der Waals surface area contributed by atoms with E-state index in [4.69, 9.17) is 0 Å². The van der Waals surface area contributed by atoms with Crippen LogP contribution in [0.5, 0.6) is 0 Å². The van der Waals surface area contributed by atoms with E-state index < -0.39 is 8.07 Å². The molecule has 0 fully saturated rings. The summed E-state index contributed by atoms with van der Waals surface area (Å²) in [5.74, 6) is 1.47. The fraction of sp³-hybridized carbons (Fsp3) is 0.429. The molecule has 0 N–H and O–H groups in total. The molecule has 0 aromatic heterocycles. The van der Waals surface area contributed by atoms with Crippen molar-refractivity contribution in [2.75, 3.05) is 5.79 Å². The van der Waals surface area contributed by atoms with E-state index in [1.165, 1.54) is 5.79 Å². The third-order valence-electron chi connectivity index (χ3n) is 2.88. The van der Waals surface area contributed by atoms with Gasteiger partial charge < -0.3 is 0 Å². The molecule has 86 valence electrons. The first-order valence-electron chi connectivity index (χ1n) is 6.02. The van der Waals surface area contributed by atoms with Crippen molar-refractivity contribution in [1.29, 1.82) is 0 Å². The van der Waals surface area contributed by atoms with Gasteiger partial charge in [0.05, 0.1) is 0 Å². The summed E-state index contributed by atoms with van der Waals surface area (Å²) in [5.41, 5.74) is 1.44. The summed E-state index contributed by atoms with van der Waals surface area (Å²) in [6.45, 7) is 7.48. The van der Waals surface area contributed by atoms with Gasteiger partial charge >= 0.3 is 0 Å². The normalized spacial score (nSPS) is 20.8. The summed E-state index contributed by atoms with van der Waals surface area (Å²) in [6, 6.07) is 0. The fourth-order valence-corrected chi connectivity index (χ4v) is 9.99. The van der Waals surface area contributed by atoms with E-state index in [0.717, 1.165) is 11.3 Å². The molecule has 0 saturated carbocycles. The summed E-state index contributed by atoms with van der Waals surface area (Å²) in [6.07, 6.45) is 18.4. The molecule has 0 spiro atoms. The summed E-state index contributed by atoms with van der Waals surface area (Å²) < 4.78 is 0. The maximum atomic E-state index is 2.49. The van der Waals surface area contributed by atoms with Crippen LogP contribution >= 0.6 is 7.92 Å². The topological polar surface area (TPSA) is 0 Å². The Morgan fingerprint density at radius 1 is 0.812 bits per heavy atom. The Kier molecular flexibility index (Phi) is 3.66. The van der Waals surface area contributed by atoms with Crippen LogP contribution in [0.2, 0.25) is 19.6 Å². The van der Waals surface area contributed by atoms with Crippen LogP contribution in [0.1, 0.15) is 0 Å². The highest BCUT2D eigenvalue weighted by atomic mass is 31.1. The van der Waals surface area contributed by atoms with Gasteiger partial charge in [0.1, 0.15) is 0 Å². The average molecular weight is 248 g/mol. The third kappa shape index (κ3) is 3.05. The first kappa shape index (κ1) is 12.1. The van der Waals surface area contributed by atoms with Crippen molar-refractivity contribution in [3.8, 4) is 0 Å². The maximum Gasteiger partial charge on any atom is 0.0486 e. The van der Waals surface area contributed by atoms with Crippen molar-refractivity contribution in [3.63, 3.8) is 0 Å². The quantitative estimate of drug-likeness (QED) is 0.513. The zero-order chi connectivity index (χ0) is 11.6. The summed E-state index contributed by atoms with van der Waals surface area (Å²) in [5, 5.41) is 0. The molecule has 0 unspecified atom stereocenters. The first-order valence-corrected chi connectivity index (χ1v) is 11.4. The Labute approximate surface area is 102 Å². The molecular weight excluding hydrogens is 227 g/mol. The zero-order valence-electron chi connectivity index (χ0n) is 10.4. The molecule has 0 nitrogen and oxygen atoms in total. The molecule has 0 radical (unpaired) electrons. The van der Waals surface area contributed by atoms with Crippen LogP contribution in [0, 0.1) is 0 Å². The van der Waals surface area contributed by atoms with Crippen LogP contribution in [-0.4, -0.2) is 25.2 Å². The highest BCUT2D eigenvalue weighted by molar-refractivity contribution is 7.62. The van der Waals surface area contributed by atoms with Crippen molar-refractivity contribution in [1.82, 2.24) is 0 Å². The van der Waals surface area contributed by atoms with Crippen LogP contribution in [0.3, 0.4) is 0 Å². The molecule has 0 aromatic carbocycles. The standard InChI is InChI=1S/C14H21PSi/c1-16(2,3)12-15(13-8-4-5-9-13)14-10-6-7-11-14/h4-11,13-14H,12H2,1-3H3. The molecule has 0 bridgehead atoms. The Hall–Kier alpha value is -0.393. The van der Waals surface area contributed by atoms with E-state index in [1.807, 2.05) is 0 Å². The van der Waals surface area contributed by atoms with Crippen LogP contribution in [0.25, 0.3) is 0 Å². The van der Waals surface area contributed by atoms with E-state index in [1.54, 1.807) is 0 Å². The van der Waals surface area contributed by atoms with E-state index >= 15 is 0 Å². The minimum atomic E-state index is -0.962. The van der Waals surface area contributed by atoms with Crippen LogP contribution in [0.4, 0.5) is 0 Å². The molecule has 0 aromatic rings. The van der Waals surface area contributed by atoms with Crippen LogP contribution in [0.15, 0.2) is 48.6 Å². The minimum Gasteiger partial charge on any atom is -0.0874 e. The highest BCUT2D eigenvalue weighted by Crippen LogP contribution is 2.52. The number of rotatable bonds is 4. The molecule has 0 saturated heterocycles. The van der Waals surface area contributed by atoms with Gasteiger partial charge in [0.15, 0.2) is 0 Å². The predicted octanol–water partition coefficient (Wildman–Crippen LogP) is 4.33. The second-order valence-corrected chi connectivity index (χ2v) is 14.4. The lowest BCUT2D eigenvalue weighted by molar-refractivity contribution is 1.32. The molecule has 2 aliphatic carbocycles. The lowest BCUT2D eigenvalue weighted by Gasteiger charge is -2.31. The van der Waals surface area contributed by atoms with Gasteiger partial charge in [-0.25, -0.2) is 0 Å². The van der Waals surface area contributed by atoms with Crippen molar-refractivity contribution in [3.05, 3.63) is 48.6 Å². The van der Waals surface area contributed by atoms with Crippen LogP contribution in [-0.2, 0) is 0 Å². The minimum absolute atomic E-state index is 0.0635. The van der Waals surface area contributed by atoms with E-state index in [2.05, 4.69) is 68.2 Å². The molecule has 2 heteroatoms. The number of hydrogen-bond acceptors (Lipinski definition) is 0.